The number of aliphatic hydroxyl groups is 1. The lowest BCUT2D eigenvalue weighted by molar-refractivity contribution is -0.702. The number of carboxylic acid groups (broad SMARTS) is 1. The highest BCUT2D eigenvalue weighted by Gasteiger charge is 2.37. The predicted molar refractivity (Wildman–Crippen MR) is 41.6 cm³/mol. The molecule has 0 spiro atoms. The topological polar surface area (TPSA) is 86.2 Å². The average Bonchev–Trinajstić information content (AvgIpc) is 2.01. The van der Waals surface area contributed by atoms with Crippen LogP contribution >= 0.6 is 0 Å². The van der Waals surface area contributed by atoms with Crippen LogP contribution in [0.15, 0.2) is 0 Å². The summed E-state index contributed by atoms with van der Waals surface area (Å²) < 4.78 is 5.15. The molecule has 0 aromatic carbocycles. The Balaban J connectivity index is 2.41. The van der Waals surface area contributed by atoms with Gasteiger partial charge in [-0.3, -0.25) is 0 Å². The minimum atomic E-state index is -1.12. The Hall–Kier alpha value is -0.650. The van der Waals surface area contributed by atoms with Crippen LogP contribution in [0.1, 0.15) is 13.3 Å². The van der Waals surface area contributed by atoms with Crippen molar-refractivity contribution in [3.05, 3.63) is 0 Å². The van der Waals surface area contributed by atoms with Crippen molar-refractivity contribution in [2.45, 2.75) is 25.0 Å². The van der Waals surface area contributed by atoms with E-state index >= 15 is 0 Å². The molecule has 0 aliphatic carbocycles. The number of carbonyl (C=O) groups excluding carboxylic acids is 1. The minimum Gasteiger partial charge on any atom is -0.544 e. The van der Waals surface area contributed by atoms with Gasteiger partial charge in [0.1, 0.15) is 24.8 Å². The molecule has 1 rings (SSSR count). The van der Waals surface area contributed by atoms with Crippen LogP contribution in [0.3, 0.4) is 0 Å². The molecule has 0 bridgehead atoms. The SMILES string of the molecule is C[C@]1(O)CCOC[C@@H]1[NH2+]CC(=O)[O-]. The monoisotopic (exact) mass is 189 g/mol. The number of rotatable bonds is 3. The molecule has 0 aromatic heterocycles. The lowest BCUT2D eigenvalue weighted by Crippen LogP contribution is -2.97. The quantitative estimate of drug-likeness (QED) is 0.490. The number of quaternary nitrogens is 1. The lowest BCUT2D eigenvalue weighted by atomic mass is 9.91. The van der Waals surface area contributed by atoms with Crippen molar-refractivity contribution in [1.82, 2.24) is 0 Å². The van der Waals surface area contributed by atoms with Crippen LogP contribution in [0.4, 0.5) is 0 Å². The van der Waals surface area contributed by atoms with Gasteiger partial charge >= 0.3 is 0 Å². The van der Waals surface area contributed by atoms with Gasteiger partial charge < -0.3 is 25.1 Å². The van der Waals surface area contributed by atoms with E-state index in [4.69, 9.17) is 4.74 Å². The largest absolute Gasteiger partial charge is 0.544 e. The van der Waals surface area contributed by atoms with Gasteiger partial charge in [-0.1, -0.05) is 0 Å². The van der Waals surface area contributed by atoms with Gasteiger partial charge in [-0.25, -0.2) is 0 Å². The summed E-state index contributed by atoms with van der Waals surface area (Å²) in [4.78, 5) is 10.2. The van der Waals surface area contributed by atoms with Gasteiger partial charge in [-0.15, -0.1) is 0 Å². The van der Waals surface area contributed by atoms with Crippen molar-refractivity contribution < 1.29 is 25.1 Å². The Morgan fingerprint density at radius 2 is 2.54 bits per heavy atom. The zero-order valence-electron chi connectivity index (χ0n) is 7.66. The number of hydrogen-bond donors (Lipinski definition) is 2. The van der Waals surface area contributed by atoms with E-state index in [1.54, 1.807) is 12.2 Å². The first kappa shape index (κ1) is 10.4. The highest BCUT2D eigenvalue weighted by Crippen LogP contribution is 2.17. The smallest absolute Gasteiger partial charge is 0.139 e. The van der Waals surface area contributed by atoms with Crippen LogP contribution in [0.5, 0.6) is 0 Å². The summed E-state index contributed by atoms with van der Waals surface area (Å²) in [6.45, 7) is 2.49. The summed E-state index contributed by atoms with van der Waals surface area (Å²) in [5.41, 5.74) is -0.840. The van der Waals surface area contributed by atoms with E-state index in [-0.39, 0.29) is 12.6 Å². The van der Waals surface area contributed by atoms with Crippen LogP contribution < -0.4 is 10.4 Å². The number of nitrogens with two attached hydrogens (primary N) is 1. The fraction of sp³-hybridized carbons (Fsp3) is 0.875. The number of aliphatic carboxylic acids is 1. The van der Waals surface area contributed by atoms with Gasteiger partial charge in [0.05, 0.1) is 5.97 Å². The Kier molecular flexibility index (Phi) is 3.24. The molecule has 1 heterocycles. The molecule has 13 heavy (non-hydrogen) atoms. The minimum absolute atomic E-state index is 0.135. The normalized spacial score (nSPS) is 34.5. The molecule has 0 radical (unpaired) electrons. The summed E-state index contributed by atoms with van der Waals surface area (Å²) in [5.74, 6) is -1.12. The number of carbonyl (C=O) groups is 1. The summed E-state index contributed by atoms with van der Waals surface area (Å²) in [6, 6.07) is -0.209. The molecule has 0 saturated carbocycles. The first-order valence-corrected chi connectivity index (χ1v) is 4.35. The third-order valence-corrected chi connectivity index (χ3v) is 2.42. The van der Waals surface area contributed by atoms with E-state index in [9.17, 15) is 15.0 Å². The summed E-state index contributed by atoms with van der Waals surface area (Å²) in [7, 11) is 0. The molecule has 2 atom stereocenters. The molecular weight excluding hydrogens is 174 g/mol. The van der Waals surface area contributed by atoms with Crippen LogP contribution in [0, 0.1) is 0 Å². The molecule has 1 saturated heterocycles. The van der Waals surface area contributed by atoms with Gasteiger partial charge in [-0.05, 0) is 6.92 Å². The van der Waals surface area contributed by atoms with Crippen LogP contribution in [-0.4, -0.2) is 42.5 Å². The molecule has 3 N–H and O–H groups in total. The molecule has 5 heteroatoms. The van der Waals surface area contributed by atoms with E-state index in [1.807, 2.05) is 0 Å². The zero-order valence-corrected chi connectivity index (χ0v) is 7.66. The highest BCUT2D eigenvalue weighted by atomic mass is 16.5. The van der Waals surface area contributed by atoms with Gasteiger partial charge in [0.25, 0.3) is 0 Å². The number of ether oxygens (including phenoxy) is 1. The van der Waals surface area contributed by atoms with Crippen molar-refractivity contribution in [3.63, 3.8) is 0 Å². The van der Waals surface area contributed by atoms with Gasteiger partial charge in [0.2, 0.25) is 0 Å². The standard InChI is InChI=1S/C8H15NO4/c1-8(12)2-3-13-5-6(8)9-4-7(10)11/h6,9,12H,2-5H2,1H3,(H,10,11)/t6-,8-/m0/s1. The zero-order chi connectivity index (χ0) is 9.90. The lowest BCUT2D eigenvalue weighted by Gasteiger charge is -2.34. The molecule has 0 amide bonds. The molecule has 0 aromatic rings. The second-order valence-electron chi connectivity index (χ2n) is 3.60. The van der Waals surface area contributed by atoms with Crippen molar-refractivity contribution >= 4 is 5.97 Å². The second-order valence-corrected chi connectivity index (χ2v) is 3.60. The third-order valence-electron chi connectivity index (χ3n) is 2.42. The highest BCUT2D eigenvalue weighted by molar-refractivity contribution is 5.64. The molecule has 1 aliphatic heterocycles. The van der Waals surface area contributed by atoms with E-state index in [1.165, 1.54) is 0 Å². The molecular formula is C8H15NO4. The second kappa shape index (κ2) is 4.04. The van der Waals surface area contributed by atoms with Gasteiger partial charge in [0.15, 0.2) is 0 Å². The first-order valence-electron chi connectivity index (χ1n) is 4.35. The Labute approximate surface area is 76.7 Å². The average molecular weight is 189 g/mol. The fourth-order valence-electron chi connectivity index (χ4n) is 1.41. The Bertz CT molecular complexity index is 193. The van der Waals surface area contributed by atoms with Crippen molar-refractivity contribution in [2.75, 3.05) is 19.8 Å². The van der Waals surface area contributed by atoms with Gasteiger partial charge in [0, 0.05) is 13.0 Å². The van der Waals surface area contributed by atoms with Crippen LogP contribution in [0.25, 0.3) is 0 Å². The molecule has 0 unspecified atom stereocenters. The molecule has 1 fully saturated rings. The maximum atomic E-state index is 10.2. The third kappa shape index (κ3) is 2.95. The number of hydrogen-bond acceptors (Lipinski definition) is 4. The molecule has 76 valence electrons. The number of carboxylic acids is 1. The molecule has 1 aliphatic rings. The first-order chi connectivity index (χ1) is 6.02. The fourth-order valence-corrected chi connectivity index (χ4v) is 1.41. The van der Waals surface area contributed by atoms with Gasteiger partial charge in [-0.2, -0.15) is 0 Å². The van der Waals surface area contributed by atoms with Crippen molar-refractivity contribution in [2.24, 2.45) is 0 Å². The van der Waals surface area contributed by atoms with E-state index < -0.39 is 11.6 Å². The molecule has 5 nitrogen and oxygen atoms in total. The summed E-state index contributed by atoms with van der Waals surface area (Å²) in [6.07, 6.45) is 0.543. The summed E-state index contributed by atoms with van der Waals surface area (Å²) in [5, 5.41) is 21.6. The van der Waals surface area contributed by atoms with E-state index in [0.717, 1.165) is 0 Å². The maximum Gasteiger partial charge on any atom is 0.139 e. The Morgan fingerprint density at radius 1 is 1.85 bits per heavy atom. The summed E-state index contributed by atoms with van der Waals surface area (Å²) >= 11 is 0. The van der Waals surface area contributed by atoms with E-state index in [0.29, 0.717) is 19.6 Å². The van der Waals surface area contributed by atoms with E-state index in [2.05, 4.69) is 0 Å². The predicted octanol–water partition coefficient (Wildman–Crippen LogP) is -3.16. The van der Waals surface area contributed by atoms with Crippen LogP contribution in [-0.2, 0) is 9.53 Å². The van der Waals surface area contributed by atoms with Crippen LogP contribution in [0.2, 0.25) is 0 Å². The van der Waals surface area contributed by atoms with Crippen molar-refractivity contribution in [3.8, 4) is 0 Å². The Morgan fingerprint density at radius 3 is 3.08 bits per heavy atom. The van der Waals surface area contributed by atoms with Crippen molar-refractivity contribution in [1.29, 1.82) is 0 Å². The maximum absolute atomic E-state index is 10.2.